The van der Waals surface area contributed by atoms with Crippen LogP contribution in [-0.2, 0) is 14.3 Å². The van der Waals surface area contributed by atoms with E-state index in [2.05, 4.69) is 0 Å². The van der Waals surface area contributed by atoms with Gasteiger partial charge in [0.05, 0.1) is 0 Å². The third-order valence-electron chi connectivity index (χ3n) is 2.46. The second-order valence-electron chi connectivity index (χ2n) is 3.07. The fourth-order valence-corrected chi connectivity index (χ4v) is 1.52. The average molecular weight is 172 g/mol. The fraction of sp³-hybridized carbons (Fsp3) is 0.875. The van der Waals surface area contributed by atoms with E-state index in [-0.39, 0.29) is 6.23 Å². The molecule has 0 N–H and O–H groups in total. The van der Waals surface area contributed by atoms with Crippen LogP contribution in [0.15, 0.2) is 0 Å². The van der Waals surface area contributed by atoms with Gasteiger partial charge in [-0.2, -0.15) is 0 Å². The topological polar surface area (TPSA) is 38.8 Å². The lowest BCUT2D eigenvalue weighted by atomic mass is 10.2. The van der Waals surface area contributed by atoms with E-state index >= 15 is 0 Å². The lowest BCUT2D eigenvalue weighted by Crippen LogP contribution is -2.46. The Kier molecular flexibility index (Phi) is 2.69. The number of nitrogens with zero attached hydrogens (tertiary/aromatic N) is 1. The van der Waals surface area contributed by atoms with Crippen molar-refractivity contribution >= 4 is 6.41 Å². The first-order chi connectivity index (χ1) is 5.68. The third-order valence-corrected chi connectivity index (χ3v) is 2.46. The Morgan fingerprint density at radius 3 is 2.67 bits per heavy atom. The van der Waals surface area contributed by atoms with Gasteiger partial charge in [0.15, 0.2) is 0 Å². The summed E-state index contributed by atoms with van der Waals surface area (Å²) in [6.07, 6.45) is 3.24. The lowest BCUT2D eigenvalue weighted by Gasteiger charge is -2.32. The highest BCUT2D eigenvalue weighted by atomic mass is 16.5. The van der Waals surface area contributed by atoms with Gasteiger partial charge < -0.3 is 9.47 Å². The molecule has 1 aliphatic rings. The summed E-state index contributed by atoms with van der Waals surface area (Å²) in [5.74, 6) is 0. The average Bonchev–Trinajstić information content (AvgIpc) is 2.43. The molecule has 1 rings (SSSR count). The van der Waals surface area contributed by atoms with E-state index in [1.807, 2.05) is 13.3 Å². The van der Waals surface area contributed by atoms with Crippen molar-refractivity contribution in [1.82, 2.24) is 4.90 Å². The lowest BCUT2D eigenvalue weighted by molar-refractivity contribution is -0.112. The normalized spacial score (nSPS) is 35.6. The summed E-state index contributed by atoms with van der Waals surface area (Å²) in [5.41, 5.74) is -0.539. The molecule has 0 bridgehead atoms. The largest absolute Gasteiger partial charge is 0.361 e. The van der Waals surface area contributed by atoms with Crippen LogP contribution in [0.2, 0.25) is 0 Å². The van der Waals surface area contributed by atoms with E-state index in [0.717, 1.165) is 12.8 Å². The van der Waals surface area contributed by atoms with Gasteiger partial charge in [-0.05, 0) is 19.8 Å². The van der Waals surface area contributed by atoms with Crippen LogP contribution < -0.4 is 0 Å². The molecule has 12 heavy (non-hydrogen) atoms. The van der Waals surface area contributed by atoms with Crippen LogP contribution in [-0.4, -0.2) is 37.5 Å². The summed E-state index contributed by atoms with van der Waals surface area (Å²) >= 11 is 0. The summed E-state index contributed by atoms with van der Waals surface area (Å²) in [5, 5.41) is 0. The van der Waals surface area contributed by atoms with Crippen LogP contribution in [0.1, 0.15) is 19.8 Å². The maximum Gasteiger partial charge on any atom is 0.316 e. The van der Waals surface area contributed by atoms with E-state index in [4.69, 9.17) is 9.47 Å². The Balaban J connectivity index is 2.74. The highest BCUT2D eigenvalue weighted by Crippen LogP contribution is 2.32. The molecule has 1 amide bonds. The first-order valence-corrected chi connectivity index (χ1v) is 3.93. The molecule has 0 saturated carbocycles. The van der Waals surface area contributed by atoms with E-state index < -0.39 is 5.72 Å². The van der Waals surface area contributed by atoms with E-state index in [1.165, 1.54) is 4.90 Å². The van der Waals surface area contributed by atoms with Crippen molar-refractivity contribution in [1.29, 1.82) is 0 Å². The molecule has 1 saturated heterocycles. The Labute approximate surface area is 72.4 Å². The van der Waals surface area contributed by atoms with Gasteiger partial charge in [0.25, 0.3) is 0 Å². The Hall–Kier alpha value is -0.610. The molecular formula is C8H14NO3. The number of hydrogen-bond donors (Lipinski definition) is 0. The number of carbonyl (C=O) groups excluding carboxylic acids is 1. The van der Waals surface area contributed by atoms with Crippen LogP contribution in [0, 0.1) is 0 Å². The van der Waals surface area contributed by atoms with Crippen molar-refractivity contribution < 1.29 is 14.3 Å². The van der Waals surface area contributed by atoms with Gasteiger partial charge in [0, 0.05) is 14.2 Å². The molecule has 4 heteroatoms. The summed E-state index contributed by atoms with van der Waals surface area (Å²) in [4.78, 5) is 12.0. The molecule has 2 unspecified atom stereocenters. The van der Waals surface area contributed by atoms with Gasteiger partial charge in [-0.3, -0.25) is 9.69 Å². The molecule has 1 fully saturated rings. The third kappa shape index (κ3) is 1.32. The van der Waals surface area contributed by atoms with E-state index in [9.17, 15) is 4.79 Å². The number of likely N-dealkylation sites (tertiary alicyclic amines) is 1. The van der Waals surface area contributed by atoms with Gasteiger partial charge in [0.1, 0.15) is 12.0 Å². The van der Waals surface area contributed by atoms with Crippen LogP contribution in [0.3, 0.4) is 0 Å². The van der Waals surface area contributed by atoms with Crippen molar-refractivity contribution in [2.45, 2.75) is 31.7 Å². The molecule has 69 valence electrons. The molecule has 1 heterocycles. The van der Waals surface area contributed by atoms with Crippen molar-refractivity contribution in [2.75, 3.05) is 14.2 Å². The molecule has 0 aliphatic carbocycles. The van der Waals surface area contributed by atoms with Crippen LogP contribution >= 0.6 is 0 Å². The zero-order valence-electron chi connectivity index (χ0n) is 7.66. The summed E-state index contributed by atoms with van der Waals surface area (Å²) in [6, 6.07) is 0. The predicted molar refractivity (Wildman–Crippen MR) is 43.0 cm³/mol. The highest BCUT2D eigenvalue weighted by molar-refractivity contribution is 5.50. The minimum Gasteiger partial charge on any atom is -0.361 e. The molecule has 0 aromatic heterocycles. The number of hydrogen-bond acceptors (Lipinski definition) is 3. The van der Waals surface area contributed by atoms with Crippen molar-refractivity contribution in [3.05, 3.63) is 0 Å². The summed E-state index contributed by atoms with van der Waals surface area (Å²) in [6.45, 7) is 1.86. The fourth-order valence-electron chi connectivity index (χ4n) is 1.52. The monoisotopic (exact) mass is 172 g/mol. The van der Waals surface area contributed by atoms with Gasteiger partial charge >= 0.3 is 6.41 Å². The van der Waals surface area contributed by atoms with E-state index in [0.29, 0.717) is 0 Å². The summed E-state index contributed by atoms with van der Waals surface area (Å²) < 4.78 is 10.3. The summed E-state index contributed by atoms with van der Waals surface area (Å²) in [7, 11) is 3.17. The van der Waals surface area contributed by atoms with Crippen LogP contribution in [0.4, 0.5) is 0 Å². The molecule has 0 spiro atoms. The second-order valence-corrected chi connectivity index (χ2v) is 3.07. The van der Waals surface area contributed by atoms with Crippen LogP contribution in [0.5, 0.6) is 0 Å². The standard InChI is InChI=1S/C8H14NO3/c1-8(12-3)5-4-7(11-2)9(8)6-10/h7H,4-5H2,1-3H3. The minimum absolute atomic E-state index is 0.188. The molecule has 0 aromatic carbocycles. The van der Waals surface area contributed by atoms with Gasteiger partial charge in [0.2, 0.25) is 0 Å². The Bertz CT molecular complexity index is 174. The predicted octanol–water partition coefficient (Wildman–Crippen LogP) is 0.484. The smallest absolute Gasteiger partial charge is 0.316 e. The maximum absolute atomic E-state index is 10.6. The van der Waals surface area contributed by atoms with Gasteiger partial charge in [-0.25, -0.2) is 0 Å². The van der Waals surface area contributed by atoms with Crippen molar-refractivity contribution in [2.24, 2.45) is 0 Å². The molecular weight excluding hydrogens is 158 g/mol. The molecule has 2 atom stereocenters. The first-order valence-electron chi connectivity index (χ1n) is 3.93. The molecule has 0 aromatic rings. The molecule has 1 radical (unpaired) electrons. The minimum atomic E-state index is -0.539. The van der Waals surface area contributed by atoms with Crippen molar-refractivity contribution in [3.8, 4) is 0 Å². The number of methoxy groups -OCH3 is 2. The van der Waals surface area contributed by atoms with Crippen LogP contribution in [0.25, 0.3) is 0 Å². The Morgan fingerprint density at radius 1 is 1.58 bits per heavy atom. The number of ether oxygens (including phenoxy) is 2. The number of rotatable bonds is 3. The van der Waals surface area contributed by atoms with Gasteiger partial charge in [-0.1, -0.05) is 0 Å². The van der Waals surface area contributed by atoms with E-state index in [1.54, 1.807) is 14.2 Å². The maximum atomic E-state index is 10.6. The SMILES string of the molecule is COC1CCC(C)(OC)N1[C]=O. The molecule has 1 aliphatic heterocycles. The molecule has 4 nitrogen and oxygen atoms in total. The van der Waals surface area contributed by atoms with Crippen molar-refractivity contribution in [3.63, 3.8) is 0 Å². The zero-order valence-corrected chi connectivity index (χ0v) is 7.66. The highest BCUT2D eigenvalue weighted by Gasteiger charge is 2.43. The van der Waals surface area contributed by atoms with Gasteiger partial charge in [-0.15, -0.1) is 0 Å². The Morgan fingerprint density at radius 2 is 2.25 bits per heavy atom. The number of amides is 1. The first kappa shape index (κ1) is 9.48. The zero-order chi connectivity index (χ0) is 9.19. The second kappa shape index (κ2) is 3.41. The quantitative estimate of drug-likeness (QED) is 0.621.